The topological polar surface area (TPSA) is 84.1 Å². The van der Waals surface area contributed by atoms with Gasteiger partial charge >= 0.3 is 12.1 Å². The third-order valence-corrected chi connectivity index (χ3v) is 6.81. The average molecular weight is 530 g/mol. The summed E-state index contributed by atoms with van der Waals surface area (Å²) in [6, 6.07) is 20.6. The minimum Gasteiger partial charge on any atom is -0.475 e. The van der Waals surface area contributed by atoms with E-state index >= 15 is 0 Å². The van der Waals surface area contributed by atoms with Gasteiger partial charge in [0.25, 0.3) is 0 Å². The molecule has 3 heterocycles. The lowest BCUT2D eigenvalue weighted by atomic mass is 10.1. The fourth-order valence-electron chi connectivity index (χ4n) is 4.96. The first-order valence-electron chi connectivity index (χ1n) is 12.2. The Morgan fingerprint density at radius 3 is 2.23 bits per heavy atom. The van der Waals surface area contributed by atoms with E-state index in [4.69, 9.17) is 4.98 Å². The SMILES string of the molecule is Cc1cccc(-c2nc3nc(C(=O)O)nc(N4Cc5ccccc5C4)c3n2Cc2ccc(C(F)(F)F)cc2)c1. The maximum Gasteiger partial charge on any atom is 0.416 e. The molecule has 0 unspecified atom stereocenters. The van der Waals surface area contributed by atoms with Crippen LogP contribution in [0, 0.1) is 6.92 Å². The van der Waals surface area contributed by atoms with Gasteiger partial charge in [-0.1, -0.05) is 60.2 Å². The van der Waals surface area contributed by atoms with Gasteiger partial charge in [0, 0.05) is 25.2 Å². The largest absolute Gasteiger partial charge is 0.475 e. The predicted molar refractivity (Wildman–Crippen MR) is 139 cm³/mol. The summed E-state index contributed by atoms with van der Waals surface area (Å²) in [4.78, 5) is 27.4. The van der Waals surface area contributed by atoms with Crippen molar-refractivity contribution in [2.45, 2.75) is 32.7 Å². The van der Waals surface area contributed by atoms with Crippen molar-refractivity contribution >= 4 is 23.0 Å². The molecule has 5 aromatic rings. The van der Waals surface area contributed by atoms with Crippen LogP contribution in [-0.2, 0) is 25.8 Å². The molecule has 0 saturated heterocycles. The van der Waals surface area contributed by atoms with Crippen LogP contribution in [0.1, 0.15) is 38.4 Å². The molecule has 2 aromatic heterocycles. The lowest BCUT2D eigenvalue weighted by Crippen LogP contribution is -2.20. The monoisotopic (exact) mass is 529 g/mol. The number of alkyl halides is 3. The van der Waals surface area contributed by atoms with Crippen LogP contribution in [0.3, 0.4) is 0 Å². The van der Waals surface area contributed by atoms with Crippen LogP contribution in [0.4, 0.5) is 19.0 Å². The summed E-state index contributed by atoms with van der Waals surface area (Å²) in [5.74, 6) is -0.719. The maximum atomic E-state index is 13.2. The standard InChI is InChI=1S/C29H22F3N5O2/c1-17-5-4-8-19(13-17)26-34-24-23(37(26)14-18-9-11-22(12-10-18)29(30,31)32)27(35-25(33-24)28(38)39)36-15-20-6-2-3-7-21(20)16-36/h2-13H,14-16H2,1H3,(H,38,39). The van der Waals surface area contributed by atoms with E-state index in [0.29, 0.717) is 35.8 Å². The van der Waals surface area contributed by atoms with E-state index in [1.165, 1.54) is 12.1 Å². The van der Waals surface area contributed by atoms with Crippen molar-refractivity contribution < 1.29 is 23.1 Å². The highest BCUT2D eigenvalue weighted by Gasteiger charge is 2.31. The molecule has 1 N–H and O–H groups in total. The maximum absolute atomic E-state index is 13.2. The Balaban J connectivity index is 1.56. The first-order valence-corrected chi connectivity index (χ1v) is 12.2. The van der Waals surface area contributed by atoms with E-state index in [2.05, 4.69) is 9.97 Å². The number of halogens is 3. The molecule has 3 aromatic carbocycles. The second-order valence-electron chi connectivity index (χ2n) is 9.56. The van der Waals surface area contributed by atoms with E-state index in [-0.39, 0.29) is 18.0 Å². The summed E-state index contributed by atoms with van der Waals surface area (Å²) in [5.41, 5.74) is 4.59. The van der Waals surface area contributed by atoms with Crippen molar-refractivity contribution in [3.63, 3.8) is 0 Å². The Morgan fingerprint density at radius 1 is 0.923 bits per heavy atom. The average Bonchev–Trinajstić information content (AvgIpc) is 3.50. The molecule has 0 radical (unpaired) electrons. The summed E-state index contributed by atoms with van der Waals surface area (Å²) in [6.45, 7) is 3.17. The molecule has 7 nitrogen and oxygen atoms in total. The van der Waals surface area contributed by atoms with Crippen molar-refractivity contribution in [3.05, 3.63) is 106 Å². The summed E-state index contributed by atoms with van der Waals surface area (Å²) < 4.78 is 41.4. The number of aryl methyl sites for hydroxylation is 1. The lowest BCUT2D eigenvalue weighted by molar-refractivity contribution is -0.137. The number of benzene rings is 3. The molecule has 39 heavy (non-hydrogen) atoms. The van der Waals surface area contributed by atoms with Crippen molar-refractivity contribution in [2.24, 2.45) is 0 Å². The van der Waals surface area contributed by atoms with E-state index in [0.717, 1.165) is 34.4 Å². The molecule has 0 bridgehead atoms. The lowest BCUT2D eigenvalue weighted by Gasteiger charge is -2.20. The van der Waals surface area contributed by atoms with Crippen LogP contribution in [0.15, 0.2) is 72.8 Å². The molecule has 0 fully saturated rings. The van der Waals surface area contributed by atoms with Crippen molar-refractivity contribution in [2.75, 3.05) is 4.90 Å². The van der Waals surface area contributed by atoms with Gasteiger partial charge in [-0.15, -0.1) is 0 Å². The quantitative estimate of drug-likeness (QED) is 0.297. The molecule has 1 aliphatic rings. The van der Waals surface area contributed by atoms with Gasteiger partial charge in [-0.25, -0.2) is 19.7 Å². The summed E-state index contributed by atoms with van der Waals surface area (Å²) >= 11 is 0. The molecule has 0 atom stereocenters. The van der Waals surface area contributed by atoms with Gasteiger partial charge in [0.05, 0.1) is 5.56 Å². The number of rotatable bonds is 5. The van der Waals surface area contributed by atoms with Crippen LogP contribution in [0.5, 0.6) is 0 Å². The fourth-order valence-corrected chi connectivity index (χ4v) is 4.96. The Bertz CT molecular complexity index is 1700. The van der Waals surface area contributed by atoms with Crippen molar-refractivity contribution in [3.8, 4) is 11.4 Å². The number of aromatic nitrogens is 4. The van der Waals surface area contributed by atoms with Gasteiger partial charge in [0.2, 0.25) is 5.82 Å². The van der Waals surface area contributed by atoms with Gasteiger partial charge in [-0.05, 0) is 41.8 Å². The summed E-state index contributed by atoms with van der Waals surface area (Å²) in [7, 11) is 0. The predicted octanol–water partition coefficient (Wildman–Crippen LogP) is 6.09. The van der Waals surface area contributed by atoms with Crippen LogP contribution in [0.2, 0.25) is 0 Å². The summed E-state index contributed by atoms with van der Waals surface area (Å²) in [6.07, 6.45) is -4.44. The van der Waals surface area contributed by atoms with Gasteiger partial charge in [0.15, 0.2) is 11.5 Å². The Morgan fingerprint density at radius 2 is 1.62 bits per heavy atom. The molecular formula is C29H22F3N5O2. The summed E-state index contributed by atoms with van der Waals surface area (Å²) in [5, 5.41) is 9.77. The Kier molecular flexibility index (Phi) is 5.82. The Hall–Kier alpha value is -4.73. The number of imidazole rings is 1. The molecule has 10 heteroatoms. The molecule has 0 amide bonds. The Labute approximate surface area is 221 Å². The smallest absolute Gasteiger partial charge is 0.416 e. The van der Waals surface area contributed by atoms with E-state index in [1.807, 2.05) is 64.9 Å². The van der Waals surface area contributed by atoms with Gasteiger partial charge in [0.1, 0.15) is 11.3 Å². The zero-order valence-electron chi connectivity index (χ0n) is 20.8. The minimum absolute atomic E-state index is 0.182. The molecular weight excluding hydrogens is 507 g/mol. The number of carboxylic acids is 1. The van der Waals surface area contributed by atoms with Gasteiger partial charge in [-0.2, -0.15) is 13.2 Å². The molecule has 0 aliphatic carbocycles. The van der Waals surface area contributed by atoms with Gasteiger partial charge in [-0.3, -0.25) is 0 Å². The van der Waals surface area contributed by atoms with E-state index < -0.39 is 17.7 Å². The van der Waals surface area contributed by atoms with Crippen LogP contribution < -0.4 is 4.90 Å². The fraction of sp³-hybridized carbons (Fsp3) is 0.172. The van der Waals surface area contributed by atoms with Crippen molar-refractivity contribution in [1.29, 1.82) is 0 Å². The number of nitrogens with zero attached hydrogens (tertiary/aromatic N) is 5. The highest BCUT2D eigenvalue weighted by molar-refractivity contribution is 5.92. The highest BCUT2D eigenvalue weighted by Crippen LogP contribution is 2.36. The number of carboxylic acid groups (broad SMARTS) is 1. The number of aromatic carboxylic acids is 1. The van der Waals surface area contributed by atoms with Gasteiger partial charge < -0.3 is 14.6 Å². The van der Waals surface area contributed by atoms with Crippen LogP contribution >= 0.6 is 0 Å². The normalized spacial score (nSPS) is 13.2. The molecule has 1 aliphatic heterocycles. The minimum atomic E-state index is -4.44. The number of hydrogen-bond acceptors (Lipinski definition) is 5. The molecule has 0 spiro atoms. The zero-order chi connectivity index (χ0) is 27.3. The molecule has 196 valence electrons. The second-order valence-corrected chi connectivity index (χ2v) is 9.56. The second kappa shape index (κ2) is 9.23. The first-order chi connectivity index (χ1) is 18.7. The third kappa shape index (κ3) is 4.58. The molecule has 0 saturated carbocycles. The molecule has 6 rings (SSSR count). The van der Waals surface area contributed by atoms with E-state index in [9.17, 15) is 23.1 Å². The van der Waals surface area contributed by atoms with Crippen LogP contribution in [-0.4, -0.2) is 30.6 Å². The number of anilines is 1. The number of carbonyl (C=O) groups is 1. The third-order valence-electron chi connectivity index (χ3n) is 6.81. The first kappa shape index (κ1) is 24.6. The number of fused-ring (bicyclic) bond motifs is 2. The highest BCUT2D eigenvalue weighted by atomic mass is 19.4. The zero-order valence-corrected chi connectivity index (χ0v) is 20.8. The van der Waals surface area contributed by atoms with E-state index in [1.54, 1.807) is 0 Å². The number of hydrogen-bond donors (Lipinski definition) is 1. The van der Waals surface area contributed by atoms with Crippen LogP contribution in [0.25, 0.3) is 22.6 Å². The van der Waals surface area contributed by atoms with Crippen molar-refractivity contribution in [1.82, 2.24) is 19.5 Å².